The van der Waals surface area contributed by atoms with E-state index in [9.17, 15) is 14.7 Å². The van der Waals surface area contributed by atoms with E-state index in [4.69, 9.17) is 13.9 Å². The second-order valence-corrected chi connectivity index (χ2v) is 10.2. The van der Waals surface area contributed by atoms with Crippen LogP contribution in [-0.4, -0.2) is 21.6 Å². The molecular formula is C35H30N2O6. The Balaban J connectivity index is 1.57. The summed E-state index contributed by atoms with van der Waals surface area (Å²) in [6, 6.07) is 31.0. The number of benzene rings is 4. The predicted molar refractivity (Wildman–Crippen MR) is 165 cm³/mol. The molecule has 6 aromatic rings. The van der Waals surface area contributed by atoms with Crippen LogP contribution in [0.4, 0.5) is 0 Å². The Labute approximate surface area is 247 Å². The average Bonchev–Trinajstić information content (AvgIpc) is 3.25. The monoisotopic (exact) mass is 574 g/mol. The maximum Gasteiger partial charge on any atom is 0.344 e. The Bertz CT molecular complexity index is 2040. The molecule has 8 heteroatoms. The third-order valence-electron chi connectivity index (χ3n) is 7.75. The van der Waals surface area contributed by atoms with Gasteiger partial charge in [0.2, 0.25) is 0 Å². The van der Waals surface area contributed by atoms with Crippen molar-refractivity contribution >= 4 is 11.0 Å². The van der Waals surface area contributed by atoms with E-state index in [1.807, 2.05) is 67.6 Å². The van der Waals surface area contributed by atoms with Gasteiger partial charge in [-0.15, -0.1) is 0 Å². The van der Waals surface area contributed by atoms with Crippen LogP contribution in [0.15, 0.2) is 117 Å². The Kier molecular flexibility index (Phi) is 7.34. The van der Waals surface area contributed by atoms with Crippen LogP contribution in [0.5, 0.6) is 17.2 Å². The third-order valence-corrected chi connectivity index (χ3v) is 7.75. The summed E-state index contributed by atoms with van der Waals surface area (Å²) < 4.78 is 20.7. The minimum absolute atomic E-state index is 0.0373. The lowest BCUT2D eigenvalue weighted by Crippen LogP contribution is -2.24. The summed E-state index contributed by atoms with van der Waals surface area (Å²) in [4.78, 5) is 27.8. The molecule has 2 heterocycles. The molecule has 4 aromatic carbocycles. The summed E-state index contributed by atoms with van der Waals surface area (Å²) in [7, 11) is 3.32. The maximum atomic E-state index is 14.2. The molecule has 0 saturated heterocycles. The van der Waals surface area contributed by atoms with Gasteiger partial charge in [-0.25, -0.2) is 9.48 Å². The van der Waals surface area contributed by atoms with E-state index in [1.165, 1.54) is 7.11 Å². The van der Waals surface area contributed by atoms with Crippen LogP contribution in [0, 0.1) is 6.92 Å². The first kappa shape index (κ1) is 27.7. The van der Waals surface area contributed by atoms with Gasteiger partial charge in [0.1, 0.15) is 17.9 Å². The van der Waals surface area contributed by atoms with E-state index in [2.05, 4.69) is 0 Å². The van der Waals surface area contributed by atoms with Crippen molar-refractivity contribution in [3.8, 4) is 22.9 Å². The number of aromatic hydroxyl groups is 1. The quantitative estimate of drug-likeness (QED) is 0.222. The van der Waals surface area contributed by atoms with Gasteiger partial charge in [0, 0.05) is 12.7 Å². The standard InChI is InChI=1S/C35H30N2O6/c1-22-30(34(39)37(36(22)2)25-14-8-5-9-15-25)31(32-33(38)26-16-10-11-17-27(26)43-35(32)40)24-18-19-28(29(20-24)41-3)42-21-23-12-6-4-7-13-23/h4-20,31,38H,21H2,1-3H3/t31-/m0/s1. The second-order valence-electron chi connectivity index (χ2n) is 10.2. The molecule has 0 aliphatic rings. The van der Waals surface area contributed by atoms with Gasteiger partial charge in [0.05, 0.1) is 35.2 Å². The van der Waals surface area contributed by atoms with E-state index in [0.717, 1.165) is 5.56 Å². The van der Waals surface area contributed by atoms with Crippen molar-refractivity contribution in [1.29, 1.82) is 0 Å². The van der Waals surface area contributed by atoms with Gasteiger partial charge in [0.25, 0.3) is 5.56 Å². The maximum absolute atomic E-state index is 14.2. The van der Waals surface area contributed by atoms with Gasteiger partial charge >= 0.3 is 5.63 Å². The minimum atomic E-state index is -0.985. The van der Waals surface area contributed by atoms with Gasteiger partial charge in [-0.3, -0.25) is 9.48 Å². The highest BCUT2D eigenvalue weighted by Gasteiger charge is 2.33. The summed E-state index contributed by atoms with van der Waals surface area (Å²) in [6.07, 6.45) is 0. The predicted octanol–water partition coefficient (Wildman–Crippen LogP) is 6.06. The molecule has 216 valence electrons. The Morgan fingerprint density at radius 3 is 2.23 bits per heavy atom. The Morgan fingerprint density at radius 1 is 0.837 bits per heavy atom. The van der Waals surface area contributed by atoms with Gasteiger partial charge < -0.3 is 19.0 Å². The van der Waals surface area contributed by atoms with E-state index < -0.39 is 11.5 Å². The highest BCUT2D eigenvalue weighted by Crippen LogP contribution is 2.41. The highest BCUT2D eigenvalue weighted by molar-refractivity contribution is 5.84. The summed E-state index contributed by atoms with van der Waals surface area (Å²) in [5.74, 6) is -0.314. The molecule has 43 heavy (non-hydrogen) atoms. The molecule has 0 bridgehead atoms. The fraction of sp³-hybridized carbons (Fsp3) is 0.143. The molecular weight excluding hydrogens is 544 g/mol. The number of rotatable bonds is 8. The van der Waals surface area contributed by atoms with E-state index >= 15 is 0 Å². The van der Waals surface area contributed by atoms with Crippen LogP contribution in [0.1, 0.15) is 33.9 Å². The van der Waals surface area contributed by atoms with Crippen molar-refractivity contribution in [3.05, 3.63) is 152 Å². The number of fused-ring (bicyclic) bond motifs is 1. The van der Waals surface area contributed by atoms with Crippen LogP contribution in [-0.2, 0) is 13.7 Å². The fourth-order valence-corrected chi connectivity index (χ4v) is 5.52. The smallest absolute Gasteiger partial charge is 0.344 e. The van der Waals surface area contributed by atoms with Crippen molar-refractivity contribution in [2.75, 3.05) is 7.11 Å². The normalized spacial score (nSPS) is 11.9. The fourth-order valence-electron chi connectivity index (χ4n) is 5.52. The van der Waals surface area contributed by atoms with E-state index in [1.54, 1.807) is 58.9 Å². The van der Waals surface area contributed by atoms with Crippen LogP contribution < -0.4 is 20.7 Å². The molecule has 0 saturated carbocycles. The van der Waals surface area contributed by atoms with Crippen molar-refractivity contribution in [3.63, 3.8) is 0 Å². The number of hydrogen-bond donors (Lipinski definition) is 1. The molecule has 0 radical (unpaired) electrons. The average molecular weight is 575 g/mol. The number of ether oxygens (including phenoxy) is 2. The molecule has 0 spiro atoms. The van der Waals surface area contributed by atoms with Crippen LogP contribution in [0.2, 0.25) is 0 Å². The Hall–Kier alpha value is -5.50. The number of aromatic nitrogens is 2. The van der Waals surface area contributed by atoms with Gasteiger partial charge in [-0.1, -0.05) is 66.7 Å². The highest BCUT2D eigenvalue weighted by atomic mass is 16.5. The SMILES string of the molecule is COc1cc([C@H](c2c(O)c3ccccc3oc2=O)c2c(C)n(C)n(-c3ccccc3)c2=O)ccc1OCc1ccccc1. The van der Waals surface area contributed by atoms with Crippen molar-refractivity contribution in [2.24, 2.45) is 7.05 Å². The first-order valence-electron chi connectivity index (χ1n) is 13.8. The minimum Gasteiger partial charge on any atom is -0.507 e. The van der Waals surface area contributed by atoms with Gasteiger partial charge in [-0.05, 0) is 54.4 Å². The molecule has 0 aliphatic heterocycles. The zero-order valence-corrected chi connectivity index (χ0v) is 24.0. The molecule has 0 fully saturated rings. The molecule has 8 nitrogen and oxygen atoms in total. The lowest BCUT2D eigenvalue weighted by atomic mass is 9.84. The van der Waals surface area contributed by atoms with E-state index in [-0.39, 0.29) is 22.5 Å². The molecule has 1 N–H and O–H groups in total. The Morgan fingerprint density at radius 2 is 1.51 bits per heavy atom. The topological polar surface area (TPSA) is 95.8 Å². The summed E-state index contributed by atoms with van der Waals surface area (Å²) in [5, 5.41) is 11.9. The van der Waals surface area contributed by atoms with E-state index in [0.29, 0.717) is 46.0 Å². The molecule has 2 aromatic heterocycles. The van der Waals surface area contributed by atoms with Crippen molar-refractivity contribution < 1.29 is 19.0 Å². The number of methoxy groups -OCH3 is 1. The molecule has 0 aliphatic carbocycles. The zero-order chi connectivity index (χ0) is 30.1. The molecule has 0 amide bonds. The number of hydrogen-bond acceptors (Lipinski definition) is 6. The first-order valence-corrected chi connectivity index (χ1v) is 13.8. The number of para-hydroxylation sites is 2. The third kappa shape index (κ3) is 4.97. The first-order chi connectivity index (χ1) is 20.9. The largest absolute Gasteiger partial charge is 0.507 e. The molecule has 1 atom stereocenters. The summed E-state index contributed by atoms with van der Waals surface area (Å²) >= 11 is 0. The van der Waals surface area contributed by atoms with Crippen LogP contribution in [0.3, 0.4) is 0 Å². The molecule has 6 rings (SSSR count). The van der Waals surface area contributed by atoms with Gasteiger partial charge in [-0.2, -0.15) is 0 Å². The summed E-state index contributed by atoms with van der Waals surface area (Å²) in [6.45, 7) is 2.14. The van der Waals surface area contributed by atoms with Gasteiger partial charge in [0.15, 0.2) is 11.5 Å². The van der Waals surface area contributed by atoms with Crippen LogP contribution >= 0.6 is 0 Å². The second kappa shape index (κ2) is 11.4. The number of nitrogens with zero attached hydrogens (tertiary/aromatic N) is 2. The lowest BCUT2D eigenvalue weighted by Gasteiger charge is -2.20. The zero-order valence-electron chi connectivity index (χ0n) is 24.0. The van der Waals surface area contributed by atoms with Crippen molar-refractivity contribution in [1.82, 2.24) is 9.36 Å². The lowest BCUT2D eigenvalue weighted by molar-refractivity contribution is 0.284. The summed E-state index contributed by atoms with van der Waals surface area (Å²) in [5.41, 5.74) is 2.30. The molecule has 0 unspecified atom stereocenters. The van der Waals surface area contributed by atoms with Crippen LogP contribution in [0.25, 0.3) is 16.7 Å². The van der Waals surface area contributed by atoms with Crippen molar-refractivity contribution in [2.45, 2.75) is 19.4 Å².